The van der Waals surface area contributed by atoms with Crippen LogP contribution in [-0.4, -0.2) is 0 Å². The fourth-order valence-electron chi connectivity index (χ4n) is 2.31. The van der Waals surface area contributed by atoms with Crippen LogP contribution in [0.1, 0.15) is 63.5 Å². The summed E-state index contributed by atoms with van der Waals surface area (Å²) >= 11 is -0.0455. The van der Waals surface area contributed by atoms with Crippen molar-refractivity contribution in [3.63, 3.8) is 0 Å². The van der Waals surface area contributed by atoms with E-state index < -0.39 is 0 Å². The van der Waals surface area contributed by atoms with E-state index in [4.69, 9.17) is 0 Å². The van der Waals surface area contributed by atoms with Crippen molar-refractivity contribution in [3.05, 3.63) is 66.8 Å². The molecule has 2 unspecified atom stereocenters. The van der Waals surface area contributed by atoms with E-state index >= 15 is 0 Å². The van der Waals surface area contributed by atoms with Crippen molar-refractivity contribution in [2.75, 3.05) is 0 Å². The van der Waals surface area contributed by atoms with E-state index in [9.17, 15) is 0 Å². The average molecular weight is 393 g/mol. The fraction of sp³-hybridized carbons (Fsp3) is 0.400. The van der Waals surface area contributed by atoms with Crippen molar-refractivity contribution in [2.45, 2.75) is 52.4 Å². The Balaban J connectivity index is 2.04. The fourth-order valence-corrected chi connectivity index (χ4v) is 4.46. The highest BCUT2D eigenvalue weighted by molar-refractivity contribution is 5.20. The number of hydrogen-bond acceptors (Lipinski definition) is 0. The lowest BCUT2D eigenvalue weighted by molar-refractivity contribution is -0.597. The largest absolute Gasteiger partial charge is 0.357 e. The molecule has 0 nitrogen and oxygen atoms in total. The molecule has 0 N–H and O–H groups in total. The molecular weight excluding hydrogens is 367 g/mol. The molecule has 2 atom stereocenters. The molecule has 21 heavy (non-hydrogen) atoms. The highest BCUT2D eigenvalue weighted by Gasteiger charge is 2.16. The molecule has 0 saturated carbocycles. The van der Waals surface area contributed by atoms with Gasteiger partial charge in [0.1, 0.15) is 0 Å². The molecule has 1 heteroatoms. The van der Waals surface area contributed by atoms with Crippen molar-refractivity contribution >= 4 is 0 Å². The highest BCUT2D eigenvalue weighted by atomic mass is 127. The first-order valence-electron chi connectivity index (χ1n) is 7.98. The summed E-state index contributed by atoms with van der Waals surface area (Å²) in [6.45, 7) is 9.12. The van der Waals surface area contributed by atoms with Gasteiger partial charge in [0.2, 0.25) is 0 Å². The smallest absolute Gasteiger partial charge is 0.0648 e. The van der Waals surface area contributed by atoms with Crippen molar-refractivity contribution in [2.24, 2.45) is 0 Å². The molecule has 2 aromatic rings. The Hall–Kier alpha value is -0.830. The van der Waals surface area contributed by atoms with Crippen molar-refractivity contribution in [1.29, 1.82) is 0 Å². The van der Waals surface area contributed by atoms with Crippen LogP contribution in [0.15, 0.2) is 48.5 Å². The Kier molecular flexibility index (Phi) is 6.28. The topological polar surface area (TPSA) is 0 Å². The van der Waals surface area contributed by atoms with Crippen LogP contribution < -0.4 is 21.2 Å². The van der Waals surface area contributed by atoms with Gasteiger partial charge in [-0.05, 0) is 60.1 Å². The van der Waals surface area contributed by atoms with Gasteiger partial charge < -0.3 is 0 Å². The molecule has 0 saturated heterocycles. The van der Waals surface area contributed by atoms with Gasteiger partial charge in [-0.25, -0.2) is 0 Å². The maximum atomic E-state index is 2.33. The summed E-state index contributed by atoms with van der Waals surface area (Å²) in [6, 6.07) is 18.6. The number of halogens is 1. The summed E-state index contributed by atoms with van der Waals surface area (Å²) in [5.41, 5.74) is 2.94. The summed E-state index contributed by atoms with van der Waals surface area (Å²) in [7, 11) is 0. The molecule has 2 rings (SSSR count). The highest BCUT2D eigenvalue weighted by Crippen LogP contribution is 2.18. The zero-order valence-corrected chi connectivity index (χ0v) is 15.7. The Labute approximate surface area is 140 Å². The number of benzene rings is 2. The molecule has 0 bridgehead atoms. The van der Waals surface area contributed by atoms with E-state index in [1.165, 1.54) is 31.1 Å². The normalized spacial score (nSPS) is 13.9. The zero-order valence-electron chi connectivity index (χ0n) is 13.6. The van der Waals surface area contributed by atoms with E-state index in [2.05, 4.69) is 76.2 Å². The maximum Gasteiger partial charge on any atom is 0.357 e. The molecular formula is C20H26I+. The molecule has 2 aromatic carbocycles. The SMILES string of the molecule is CCC(C)c1ccc([I+]c2ccc(C(C)CC)cc2)cc1. The summed E-state index contributed by atoms with van der Waals surface area (Å²) in [6.07, 6.45) is 2.43. The standard InChI is InChI=1S/C20H26I/c1-5-15(3)17-7-11-19(12-8-17)21-20-13-9-18(10-14-20)16(4)6-2/h7-16H,5-6H2,1-4H3/q+1. The third-order valence-electron chi connectivity index (χ3n) is 4.32. The molecule has 0 heterocycles. The van der Waals surface area contributed by atoms with E-state index in [1.807, 2.05) is 0 Å². The molecule has 0 aliphatic heterocycles. The van der Waals surface area contributed by atoms with Crippen molar-refractivity contribution < 1.29 is 21.2 Å². The summed E-state index contributed by atoms with van der Waals surface area (Å²) in [5, 5.41) is 0. The molecule has 0 radical (unpaired) electrons. The lowest BCUT2D eigenvalue weighted by Gasteiger charge is -2.07. The van der Waals surface area contributed by atoms with Crippen LogP contribution in [-0.2, 0) is 0 Å². The van der Waals surface area contributed by atoms with Crippen LogP contribution >= 0.6 is 0 Å². The molecule has 0 aliphatic rings. The van der Waals surface area contributed by atoms with E-state index in [-0.39, 0.29) is 21.2 Å². The van der Waals surface area contributed by atoms with Crippen LogP contribution in [0.2, 0.25) is 0 Å². The first-order valence-corrected chi connectivity index (χ1v) is 10.1. The molecule has 0 aliphatic carbocycles. The second-order valence-electron chi connectivity index (χ2n) is 5.82. The minimum atomic E-state index is -0.0455. The Bertz CT molecular complexity index is 488. The van der Waals surface area contributed by atoms with Crippen molar-refractivity contribution in [1.82, 2.24) is 0 Å². The van der Waals surface area contributed by atoms with Gasteiger partial charge in [-0.3, -0.25) is 0 Å². The minimum absolute atomic E-state index is 0.0455. The average Bonchev–Trinajstić information content (AvgIpc) is 2.55. The third-order valence-corrected chi connectivity index (χ3v) is 7.01. The lowest BCUT2D eigenvalue weighted by Crippen LogP contribution is -3.61. The van der Waals surface area contributed by atoms with Crippen LogP contribution in [0, 0.1) is 7.14 Å². The Morgan fingerprint density at radius 3 is 1.29 bits per heavy atom. The quantitative estimate of drug-likeness (QED) is 0.663. The molecule has 0 aromatic heterocycles. The van der Waals surface area contributed by atoms with Crippen molar-refractivity contribution in [3.8, 4) is 0 Å². The molecule has 0 fully saturated rings. The predicted molar refractivity (Wildman–Crippen MR) is 87.7 cm³/mol. The van der Waals surface area contributed by atoms with Gasteiger partial charge in [0, 0.05) is 0 Å². The van der Waals surface area contributed by atoms with E-state index in [1.54, 1.807) is 0 Å². The van der Waals surface area contributed by atoms with Gasteiger partial charge in [0.15, 0.2) is 7.14 Å². The molecule has 0 amide bonds. The first kappa shape index (κ1) is 16.5. The second kappa shape index (κ2) is 7.98. The summed E-state index contributed by atoms with van der Waals surface area (Å²) in [5.74, 6) is 1.35. The molecule has 112 valence electrons. The number of hydrogen-bond donors (Lipinski definition) is 0. The Morgan fingerprint density at radius 1 is 0.667 bits per heavy atom. The minimum Gasteiger partial charge on any atom is -0.0648 e. The summed E-state index contributed by atoms with van der Waals surface area (Å²) < 4.78 is 3.02. The first-order chi connectivity index (χ1) is 10.1. The third kappa shape index (κ3) is 4.57. The zero-order chi connectivity index (χ0) is 15.2. The maximum absolute atomic E-state index is 2.33. The van der Waals surface area contributed by atoms with Gasteiger partial charge in [-0.1, -0.05) is 52.0 Å². The second-order valence-corrected chi connectivity index (χ2v) is 8.85. The van der Waals surface area contributed by atoms with E-state index in [0.29, 0.717) is 11.8 Å². The van der Waals surface area contributed by atoms with Gasteiger partial charge >= 0.3 is 21.2 Å². The lowest BCUT2D eigenvalue weighted by atomic mass is 9.99. The van der Waals surface area contributed by atoms with Gasteiger partial charge in [-0.2, -0.15) is 0 Å². The Morgan fingerprint density at radius 2 is 1.00 bits per heavy atom. The summed E-state index contributed by atoms with van der Waals surface area (Å²) in [4.78, 5) is 0. The van der Waals surface area contributed by atoms with Gasteiger partial charge in [0.05, 0.1) is 0 Å². The van der Waals surface area contributed by atoms with Gasteiger partial charge in [-0.15, -0.1) is 0 Å². The van der Waals surface area contributed by atoms with Crippen LogP contribution in [0.25, 0.3) is 0 Å². The van der Waals surface area contributed by atoms with E-state index in [0.717, 1.165) is 0 Å². The van der Waals surface area contributed by atoms with Gasteiger partial charge in [0.25, 0.3) is 0 Å². The molecule has 0 spiro atoms. The van der Waals surface area contributed by atoms with Crippen LogP contribution in [0.3, 0.4) is 0 Å². The number of rotatable bonds is 6. The van der Waals surface area contributed by atoms with Crippen LogP contribution in [0.4, 0.5) is 0 Å². The predicted octanol–water partition coefficient (Wildman–Crippen LogP) is 2.84. The van der Waals surface area contributed by atoms with Crippen LogP contribution in [0.5, 0.6) is 0 Å². The monoisotopic (exact) mass is 393 g/mol.